The number of rotatable bonds is 5. The van der Waals surface area contributed by atoms with Gasteiger partial charge in [0.15, 0.2) is 0 Å². The maximum absolute atomic E-state index is 12.4. The predicted octanol–water partition coefficient (Wildman–Crippen LogP) is -0.366. The lowest BCUT2D eigenvalue weighted by atomic mass is 10.0. The van der Waals surface area contributed by atoms with Crippen molar-refractivity contribution < 1.29 is 19.4 Å². The third kappa shape index (κ3) is 3.22. The van der Waals surface area contributed by atoms with E-state index in [1.165, 1.54) is 6.92 Å². The van der Waals surface area contributed by atoms with E-state index in [-0.39, 0.29) is 17.9 Å². The number of nitrogens with one attached hydrogen (secondary N) is 2. The van der Waals surface area contributed by atoms with Gasteiger partial charge in [0.2, 0.25) is 11.8 Å². The highest BCUT2D eigenvalue weighted by molar-refractivity contribution is 5.97. The standard InChI is InChI=1S/C17H23N3O4/c1-10(21)15-17(23)20-9-12(7-14(20)16(22)19-15)18-8-11-3-5-13(24-2)6-4-11/h3-6,10,12,14-15,18,21H,7-9H2,1-2H3,(H,19,22)/t10-,12+,14+,15+/m1/s1. The first-order valence-electron chi connectivity index (χ1n) is 8.15. The molecule has 130 valence electrons. The van der Waals surface area contributed by atoms with E-state index in [1.807, 2.05) is 24.3 Å². The minimum Gasteiger partial charge on any atom is -0.497 e. The first-order valence-corrected chi connectivity index (χ1v) is 8.15. The van der Waals surface area contributed by atoms with Gasteiger partial charge in [-0.3, -0.25) is 9.59 Å². The van der Waals surface area contributed by atoms with E-state index in [4.69, 9.17) is 4.74 Å². The summed E-state index contributed by atoms with van der Waals surface area (Å²) in [7, 11) is 1.63. The molecular weight excluding hydrogens is 310 g/mol. The molecule has 1 aromatic rings. The molecule has 2 saturated heterocycles. The zero-order valence-corrected chi connectivity index (χ0v) is 13.9. The molecule has 0 aliphatic carbocycles. The van der Waals surface area contributed by atoms with E-state index in [0.717, 1.165) is 11.3 Å². The Balaban J connectivity index is 1.60. The quantitative estimate of drug-likeness (QED) is 0.684. The second-order valence-electron chi connectivity index (χ2n) is 6.39. The lowest BCUT2D eigenvalue weighted by Gasteiger charge is -2.35. The lowest BCUT2D eigenvalue weighted by Crippen LogP contribution is -2.64. The number of methoxy groups -OCH3 is 1. The number of aliphatic hydroxyl groups excluding tert-OH is 1. The molecule has 0 radical (unpaired) electrons. The summed E-state index contributed by atoms with van der Waals surface area (Å²) in [6.07, 6.45) is -0.311. The summed E-state index contributed by atoms with van der Waals surface area (Å²) in [4.78, 5) is 26.1. The summed E-state index contributed by atoms with van der Waals surface area (Å²) in [6.45, 7) is 2.65. The molecule has 2 aliphatic heterocycles. The lowest BCUT2D eigenvalue weighted by molar-refractivity contribution is -0.149. The van der Waals surface area contributed by atoms with E-state index in [1.54, 1.807) is 12.0 Å². The van der Waals surface area contributed by atoms with Gasteiger partial charge in [-0.25, -0.2) is 0 Å². The molecule has 7 heteroatoms. The Bertz CT molecular complexity index is 617. The van der Waals surface area contributed by atoms with Gasteiger partial charge in [0.25, 0.3) is 0 Å². The zero-order valence-electron chi connectivity index (χ0n) is 13.9. The number of benzene rings is 1. The molecule has 3 N–H and O–H groups in total. The maximum atomic E-state index is 12.4. The van der Waals surface area contributed by atoms with Gasteiger partial charge in [0.05, 0.1) is 13.2 Å². The maximum Gasteiger partial charge on any atom is 0.248 e. The van der Waals surface area contributed by atoms with Crippen molar-refractivity contribution in [3.8, 4) is 5.75 Å². The van der Waals surface area contributed by atoms with Crippen LogP contribution in [0.4, 0.5) is 0 Å². The SMILES string of the molecule is COc1ccc(CN[C@H]2C[C@H]3C(=O)N[C@@H]([C@@H](C)O)C(=O)N3C2)cc1. The monoisotopic (exact) mass is 333 g/mol. The second-order valence-corrected chi connectivity index (χ2v) is 6.39. The number of aliphatic hydroxyl groups is 1. The highest BCUT2D eigenvalue weighted by Gasteiger charge is 2.47. The molecular formula is C17H23N3O4. The Morgan fingerprint density at radius 1 is 1.38 bits per heavy atom. The average Bonchev–Trinajstić information content (AvgIpc) is 3.01. The summed E-state index contributed by atoms with van der Waals surface area (Å²) in [6, 6.07) is 6.54. The van der Waals surface area contributed by atoms with Crippen LogP contribution in [-0.2, 0) is 16.1 Å². The number of piperazine rings is 1. The summed E-state index contributed by atoms with van der Waals surface area (Å²) < 4.78 is 5.13. The molecule has 0 aromatic heterocycles. The van der Waals surface area contributed by atoms with Crippen molar-refractivity contribution in [2.75, 3.05) is 13.7 Å². The van der Waals surface area contributed by atoms with Crippen LogP contribution in [0.15, 0.2) is 24.3 Å². The number of hydrogen-bond acceptors (Lipinski definition) is 5. The summed E-state index contributed by atoms with van der Waals surface area (Å²) in [5.74, 6) is 0.417. The molecule has 0 spiro atoms. The topological polar surface area (TPSA) is 90.9 Å². The molecule has 1 aromatic carbocycles. The van der Waals surface area contributed by atoms with Crippen molar-refractivity contribution in [2.24, 2.45) is 0 Å². The number of amides is 2. The first-order chi connectivity index (χ1) is 11.5. The van der Waals surface area contributed by atoms with Crippen LogP contribution in [0.2, 0.25) is 0 Å². The normalized spacial score (nSPS) is 27.6. The summed E-state index contributed by atoms with van der Waals surface area (Å²) >= 11 is 0. The first kappa shape index (κ1) is 16.7. The van der Waals surface area contributed by atoms with Crippen LogP contribution in [0.1, 0.15) is 18.9 Å². The minimum absolute atomic E-state index is 0.0551. The largest absolute Gasteiger partial charge is 0.497 e. The van der Waals surface area contributed by atoms with Gasteiger partial charge >= 0.3 is 0 Å². The van der Waals surface area contributed by atoms with Crippen LogP contribution in [-0.4, -0.2) is 59.7 Å². The molecule has 4 atom stereocenters. The van der Waals surface area contributed by atoms with Gasteiger partial charge in [-0.15, -0.1) is 0 Å². The van der Waals surface area contributed by atoms with Crippen molar-refractivity contribution in [3.05, 3.63) is 29.8 Å². The number of ether oxygens (including phenoxy) is 1. The van der Waals surface area contributed by atoms with Crippen molar-refractivity contribution in [1.82, 2.24) is 15.5 Å². The average molecular weight is 333 g/mol. The van der Waals surface area contributed by atoms with E-state index in [0.29, 0.717) is 19.5 Å². The third-order valence-corrected chi connectivity index (χ3v) is 4.69. The molecule has 24 heavy (non-hydrogen) atoms. The van der Waals surface area contributed by atoms with Crippen molar-refractivity contribution >= 4 is 11.8 Å². The van der Waals surface area contributed by atoms with Crippen molar-refractivity contribution in [1.29, 1.82) is 0 Å². The number of carbonyl (C=O) groups excluding carboxylic acids is 2. The Kier molecular flexibility index (Phi) is 4.73. The molecule has 2 heterocycles. The summed E-state index contributed by atoms with van der Waals surface area (Å²) in [5.41, 5.74) is 1.11. The Labute approximate surface area is 141 Å². The molecule has 0 unspecified atom stereocenters. The molecule has 2 amide bonds. The van der Waals surface area contributed by atoms with Crippen LogP contribution in [0.25, 0.3) is 0 Å². The molecule has 0 bridgehead atoms. The van der Waals surface area contributed by atoms with E-state index >= 15 is 0 Å². The van der Waals surface area contributed by atoms with Crippen molar-refractivity contribution in [3.63, 3.8) is 0 Å². The van der Waals surface area contributed by atoms with Gasteiger partial charge in [0.1, 0.15) is 17.8 Å². The van der Waals surface area contributed by atoms with Gasteiger partial charge in [-0.05, 0) is 31.0 Å². The number of hydrogen-bond donors (Lipinski definition) is 3. The second kappa shape index (κ2) is 6.78. The zero-order chi connectivity index (χ0) is 17.3. The molecule has 2 aliphatic rings. The Hall–Kier alpha value is -2.12. The van der Waals surface area contributed by atoms with Crippen molar-refractivity contribution in [2.45, 2.75) is 44.1 Å². The van der Waals surface area contributed by atoms with E-state index in [2.05, 4.69) is 10.6 Å². The Morgan fingerprint density at radius 2 is 2.08 bits per heavy atom. The fourth-order valence-corrected chi connectivity index (χ4v) is 3.30. The van der Waals surface area contributed by atoms with Crippen LogP contribution >= 0.6 is 0 Å². The number of fused-ring (bicyclic) bond motifs is 1. The Morgan fingerprint density at radius 3 is 2.71 bits per heavy atom. The molecule has 7 nitrogen and oxygen atoms in total. The van der Waals surface area contributed by atoms with Crippen LogP contribution in [0, 0.1) is 0 Å². The highest BCUT2D eigenvalue weighted by atomic mass is 16.5. The van der Waals surface area contributed by atoms with Gasteiger partial charge in [-0.2, -0.15) is 0 Å². The van der Waals surface area contributed by atoms with Crippen LogP contribution in [0.5, 0.6) is 5.75 Å². The molecule has 0 saturated carbocycles. The summed E-state index contributed by atoms with van der Waals surface area (Å²) in [5, 5.41) is 15.7. The van der Waals surface area contributed by atoms with Gasteiger partial charge in [0, 0.05) is 19.1 Å². The van der Waals surface area contributed by atoms with Crippen LogP contribution in [0.3, 0.4) is 0 Å². The smallest absolute Gasteiger partial charge is 0.248 e. The molecule has 2 fully saturated rings. The highest BCUT2D eigenvalue weighted by Crippen LogP contribution is 2.24. The predicted molar refractivity (Wildman–Crippen MR) is 87.4 cm³/mol. The van der Waals surface area contributed by atoms with Gasteiger partial charge in [-0.1, -0.05) is 12.1 Å². The van der Waals surface area contributed by atoms with Crippen LogP contribution < -0.4 is 15.4 Å². The fourth-order valence-electron chi connectivity index (χ4n) is 3.30. The molecule has 3 rings (SSSR count). The fraction of sp³-hybridized carbons (Fsp3) is 0.529. The number of nitrogens with zero attached hydrogens (tertiary/aromatic N) is 1. The van der Waals surface area contributed by atoms with E-state index < -0.39 is 18.2 Å². The van der Waals surface area contributed by atoms with Gasteiger partial charge < -0.3 is 25.4 Å². The number of carbonyl (C=O) groups is 2. The van der Waals surface area contributed by atoms with E-state index in [9.17, 15) is 14.7 Å². The minimum atomic E-state index is -0.895. The third-order valence-electron chi connectivity index (χ3n) is 4.69.